The molecule has 0 fully saturated rings. The number of benzene rings is 2. The van der Waals surface area contributed by atoms with Crippen molar-refractivity contribution in [1.82, 2.24) is 5.43 Å². The molecule has 0 saturated heterocycles. The van der Waals surface area contributed by atoms with Crippen LogP contribution in [-0.2, 0) is 0 Å². The molecule has 0 aliphatic rings. The highest BCUT2D eigenvalue weighted by Crippen LogP contribution is 2.22. The van der Waals surface area contributed by atoms with E-state index in [0.717, 1.165) is 22.2 Å². The number of unbranched alkanes of at least 4 members (excludes halogenated alkanes) is 5. The fraction of sp³-hybridized carbons (Fsp3) is 0.364. The maximum absolute atomic E-state index is 12.0. The Balaban J connectivity index is 1.86. The number of halogens is 1. The van der Waals surface area contributed by atoms with Crippen molar-refractivity contribution in [3.8, 4) is 5.75 Å². The first-order chi connectivity index (χ1) is 13.2. The second-order valence-corrected chi connectivity index (χ2v) is 7.28. The van der Waals surface area contributed by atoms with Crippen LogP contribution in [0.1, 0.15) is 61.4 Å². The minimum Gasteiger partial charge on any atom is -0.493 e. The molecular formula is C22H27BrN2O2. The number of nitrogens with zero attached hydrogens (tertiary/aromatic N) is 1. The Morgan fingerprint density at radius 1 is 1.07 bits per heavy atom. The largest absolute Gasteiger partial charge is 0.493 e. The monoisotopic (exact) mass is 430 g/mol. The van der Waals surface area contributed by atoms with Crippen LogP contribution in [0.4, 0.5) is 0 Å². The van der Waals surface area contributed by atoms with Gasteiger partial charge in [-0.1, -0.05) is 73.2 Å². The van der Waals surface area contributed by atoms with Crippen LogP contribution in [0.15, 0.2) is 58.1 Å². The van der Waals surface area contributed by atoms with Gasteiger partial charge in [0.15, 0.2) is 0 Å². The number of nitrogens with one attached hydrogen (secondary N) is 1. The molecule has 0 aromatic heterocycles. The number of hydrogen-bond acceptors (Lipinski definition) is 3. The molecule has 0 aliphatic heterocycles. The van der Waals surface area contributed by atoms with Crippen LogP contribution < -0.4 is 10.2 Å². The van der Waals surface area contributed by atoms with Gasteiger partial charge in [-0.3, -0.25) is 4.79 Å². The highest BCUT2D eigenvalue weighted by atomic mass is 79.9. The van der Waals surface area contributed by atoms with Crippen molar-refractivity contribution in [2.45, 2.75) is 45.4 Å². The van der Waals surface area contributed by atoms with Crippen molar-refractivity contribution in [2.75, 3.05) is 6.61 Å². The molecule has 2 aromatic carbocycles. The maximum Gasteiger partial charge on any atom is 0.271 e. The van der Waals surface area contributed by atoms with Gasteiger partial charge in [0.05, 0.1) is 12.8 Å². The molecular weight excluding hydrogens is 404 g/mol. The van der Waals surface area contributed by atoms with Crippen LogP contribution in [0.2, 0.25) is 0 Å². The third-order valence-corrected chi connectivity index (χ3v) is 4.63. The summed E-state index contributed by atoms with van der Waals surface area (Å²) in [6.45, 7) is 2.91. The molecule has 4 nitrogen and oxygen atoms in total. The number of amides is 1. The summed E-state index contributed by atoms with van der Waals surface area (Å²) in [4.78, 5) is 12.0. The third kappa shape index (κ3) is 7.95. The summed E-state index contributed by atoms with van der Waals surface area (Å²) >= 11 is 3.47. The molecule has 2 rings (SSSR count). The number of ether oxygens (including phenoxy) is 1. The number of rotatable bonds is 11. The SMILES string of the molecule is CCCCCCCCOc1ccc(Br)cc1/C=N/NC(=O)c1ccccc1. The maximum atomic E-state index is 12.0. The van der Waals surface area contributed by atoms with E-state index in [1.54, 1.807) is 18.3 Å². The Kier molecular flexibility index (Phi) is 9.63. The molecule has 0 bridgehead atoms. The van der Waals surface area contributed by atoms with Gasteiger partial charge < -0.3 is 4.74 Å². The van der Waals surface area contributed by atoms with E-state index < -0.39 is 0 Å². The van der Waals surface area contributed by atoms with Gasteiger partial charge in [-0.05, 0) is 36.8 Å². The van der Waals surface area contributed by atoms with Gasteiger partial charge in [-0.2, -0.15) is 5.10 Å². The second-order valence-electron chi connectivity index (χ2n) is 6.36. The van der Waals surface area contributed by atoms with Crippen LogP contribution in [0, 0.1) is 0 Å². The van der Waals surface area contributed by atoms with Crippen LogP contribution >= 0.6 is 15.9 Å². The number of carbonyl (C=O) groups excluding carboxylic acids is 1. The molecule has 27 heavy (non-hydrogen) atoms. The van der Waals surface area contributed by atoms with Gasteiger partial charge in [-0.15, -0.1) is 0 Å². The van der Waals surface area contributed by atoms with E-state index in [-0.39, 0.29) is 5.91 Å². The highest BCUT2D eigenvalue weighted by Gasteiger charge is 2.05. The minimum absolute atomic E-state index is 0.239. The van der Waals surface area contributed by atoms with E-state index in [1.807, 2.05) is 36.4 Å². The van der Waals surface area contributed by atoms with Crippen molar-refractivity contribution in [3.05, 3.63) is 64.1 Å². The van der Waals surface area contributed by atoms with Crippen LogP contribution in [0.5, 0.6) is 5.75 Å². The first-order valence-electron chi connectivity index (χ1n) is 9.51. The van der Waals surface area contributed by atoms with Crippen LogP contribution in [-0.4, -0.2) is 18.7 Å². The lowest BCUT2D eigenvalue weighted by Gasteiger charge is -2.09. The van der Waals surface area contributed by atoms with Gasteiger partial charge in [-0.25, -0.2) is 5.43 Å². The van der Waals surface area contributed by atoms with Crippen molar-refractivity contribution in [1.29, 1.82) is 0 Å². The first-order valence-corrected chi connectivity index (χ1v) is 10.3. The Labute approximate surface area is 170 Å². The Morgan fingerprint density at radius 2 is 1.81 bits per heavy atom. The Hall–Kier alpha value is -2.14. The standard InChI is InChI=1S/C22H27BrN2O2/c1-2-3-4-5-6-10-15-27-21-14-13-20(23)16-19(21)17-24-25-22(26)18-11-8-7-9-12-18/h7-9,11-14,16-17H,2-6,10,15H2,1H3,(H,25,26)/b24-17+. The van der Waals surface area contributed by atoms with Crippen molar-refractivity contribution in [2.24, 2.45) is 5.10 Å². The van der Waals surface area contributed by atoms with Gasteiger partial charge in [0.1, 0.15) is 5.75 Å². The van der Waals surface area contributed by atoms with E-state index in [0.29, 0.717) is 12.2 Å². The molecule has 0 unspecified atom stereocenters. The van der Waals surface area contributed by atoms with E-state index in [9.17, 15) is 4.79 Å². The molecule has 144 valence electrons. The second kappa shape index (κ2) is 12.3. The van der Waals surface area contributed by atoms with Gasteiger partial charge in [0.25, 0.3) is 5.91 Å². The predicted octanol–water partition coefficient (Wildman–Crippen LogP) is 5.95. The summed E-state index contributed by atoms with van der Waals surface area (Å²) in [6.07, 6.45) is 8.98. The lowest BCUT2D eigenvalue weighted by atomic mass is 10.1. The fourth-order valence-corrected chi connectivity index (χ4v) is 3.01. The normalized spacial score (nSPS) is 10.9. The summed E-state index contributed by atoms with van der Waals surface area (Å²) in [5, 5.41) is 4.07. The van der Waals surface area contributed by atoms with Gasteiger partial charge >= 0.3 is 0 Å². The van der Waals surface area contributed by atoms with Crippen molar-refractivity contribution >= 4 is 28.1 Å². The number of hydrazone groups is 1. The van der Waals surface area contributed by atoms with Gasteiger partial charge in [0, 0.05) is 15.6 Å². The summed E-state index contributed by atoms with van der Waals surface area (Å²) < 4.78 is 6.85. The fourth-order valence-electron chi connectivity index (χ4n) is 2.63. The number of carbonyl (C=O) groups is 1. The zero-order valence-electron chi connectivity index (χ0n) is 15.8. The van der Waals surface area contributed by atoms with E-state index in [4.69, 9.17) is 4.74 Å². The molecule has 0 atom stereocenters. The molecule has 0 saturated carbocycles. The molecule has 0 aliphatic carbocycles. The van der Waals surface area contributed by atoms with Crippen molar-refractivity contribution < 1.29 is 9.53 Å². The van der Waals surface area contributed by atoms with Crippen LogP contribution in [0.3, 0.4) is 0 Å². The minimum atomic E-state index is -0.239. The zero-order chi connectivity index (χ0) is 19.3. The van der Waals surface area contributed by atoms with E-state index in [2.05, 4.69) is 33.4 Å². The molecule has 5 heteroatoms. The lowest BCUT2D eigenvalue weighted by molar-refractivity contribution is 0.0955. The Morgan fingerprint density at radius 3 is 2.59 bits per heavy atom. The molecule has 2 aromatic rings. The smallest absolute Gasteiger partial charge is 0.271 e. The molecule has 0 spiro atoms. The third-order valence-electron chi connectivity index (χ3n) is 4.13. The predicted molar refractivity (Wildman–Crippen MR) is 115 cm³/mol. The summed E-state index contributed by atoms with van der Waals surface area (Å²) in [7, 11) is 0. The lowest BCUT2D eigenvalue weighted by Crippen LogP contribution is -2.17. The summed E-state index contributed by atoms with van der Waals surface area (Å²) in [6, 6.07) is 14.8. The highest BCUT2D eigenvalue weighted by molar-refractivity contribution is 9.10. The Bertz CT molecular complexity index is 732. The van der Waals surface area contributed by atoms with Crippen molar-refractivity contribution in [3.63, 3.8) is 0 Å². The molecule has 1 N–H and O–H groups in total. The topological polar surface area (TPSA) is 50.7 Å². The number of hydrogen-bond donors (Lipinski definition) is 1. The summed E-state index contributed by atoms with van der Waals surface area (Å²) in [5.74, 6) is 0.529. The van der Waals surface area contributed by atoms with Crippen LogP contribution in [0.25, 0.3) is 0 Å². The molecule has 0 radical (unpaired) electrons. The molecule has 0 heterocycles. The summed E-state index contributed by atoms with van der Waals surface area (Å²) in [5.41, 5.74) is 3.95. The quantitative estimate of drug-likeness (QED) is 0.271. The first kappa shape index (κ1) is 21.2. The average Bonchev–Trinajstić information content (AvgIpc) is 2.69. The zero-order valence-corrected chi connectivity index (χ0v) is 17.4. The van der Waals surface area contributed by atoms with E-state index in [1.165, 1.54) is 32.1 Å². The average molecular weight is 431 g/mol. The molecule has 1 amide bonds. The van der Waals surface area contributed by atoms with E-state index >= 15 is 0 Å². The van der Waals surface area contributed by atoms with Gasteiger partial charge in [0.2, 0.25) is 0 Å².